The van der Waals surface area contributed by atoms with Crippen LogP contribution in [0.15, 0.2) is 48.5 Å². The van der Waals surface area contributed by atoms with E-state index in [-0.39, 0.29) is 18.2 Å². The van der Waals surface area contributed by atoms with Gasteiger partial charge in [0.15, 0.2) is 0 Å². The van der Waals surface area contributed by atoms with Crippen molar-refractivity contribution in [2.45, 2.75) is 39.8 Å². The molecular weight excluding hydrogens is 348 g/mol. The molecule has 2 aromatic rings. The van der Waals surface area contributed by atoms with Crippen LogP contribution in [0.4, 0.5) is 0 Å². The second-order valence-corrected chi connectivity index (χ2v) is 6.76. The van der Waals surface area contributed by atoms with E-state index in [4.69, 9.17) is 11.6 Å². The first-order chi connectivity index (χ1) is 12.4. The molecule has 0 bridgehead atoms. The lowest BCUT2D eigenvalue weighted by molar-refractivity contribution is -0.140. The zero-order chi connectivity index (χ0) is 19.1. The van der Waals surface area contributed by atoms with E-state index in [1.54, 1.807) is 24.0 Å². The van der Waals surface area contributed by atoms with E-state index in [9.17, 15) is 9.59 Å². The van der Waals surface area contributed by atoms with Crippen molar-refractivity contribution in [3.63, 3.8) is 0 Å². The number of rotatable bonds is 7. The van der Waals surface area contributed by atoms with Crippen molar-refractivity contribution in [1.29, 1.82) is 0 Å². The largest absolute Gasteiger partial charge is 0.355 e. The van der Waals surface area contributed by atoms with E-state index in [1.165, 1.54) is 0 Å². The lowest BCUT2D eigenvalue weighted by Crippen LogP contribution is -2.48. The van der Waals surface area contributed by atoms with Crippen LogP contribution < -0.4 is 5.32 Å². The highest BCUT2D eigenvalue weighted by Crippen LogP contribution is 2.16. The van der Waals surface area contributed by atoms with Crippen molar-refractivity contribution in [2.75, 3.05) is 6.54 Å². The second kappa shape index (κ2) is 9.39. The van der Waals surface area contributed by atoms with E-state index >= 15 is 0 Å². The van der Waals surface area contributed by atoms with Crippen LogP contribution in [0.5, 0.6) is 0 Å². The molecule has 1 unspecified atom stereocenters. The van der Waals surface area contributed by atoms with Crippen molar-refractivity contribution in [3.05, 3.63) is 70.2 Å². The molecular formula is C21H25ClN2O2. The summed E-state index contributed by atoms with van der Waals surface area (Å²) in [5, 5.41) is 3.44. The number of benzene rings is 2. The van der Waals surface area contributed by atoms with E-state index < -0.39 is 6.04 Å². The van der Waals surface area contributed by atoms with Crippen molar-refractivity contribution < 1.29 is 9.59 Å². The fraction of sp³-hybridized carbons (Fsp3) is 0.333. The number of nitrogens with zero attached hydrogens (tertiary/aromatic N) is 1. The average molecular weight is 373 g/mol. The topological polar surface area (TPSA) is 49.4 Å². The molecule has 0 heterocycles. The standard InChI is InChI=1S/C21H25ClN2O2/c1-4-23-21(26)16(3)24(14-17-9-11-19(22)12-10-17)20(25)13-18-8-6-5-7-15(18)2/h5-12,16H,4,13-14H2,1-3H3,(H,23,26). The molecule has 1 N–H and O–H groups in total. The van der Waals surface area contributed by atoms with Crippen LogP contribution in [-0.4, -0.2) is 29.3 Å². The molecule has 0 radical (unpaired) electrons. The van der Waals surface area contributed by atoms with Gasteiger partial charge >= 0.3 is 0 Å². The zero-order valence-electron chi connectivity index (χ0n) is 15.5. The van der Waals surface area contributed by atoms with E-state index in [2.05, 4.69) is 5.32 Å². The monoisotopic (exact) mass is 372 g/mol. The normalized spacial score (nSPS) is 11.7. The number of aryl methyl sites for hydroxylation is 1. The maximum atomic E-state index is 13.0. The van der Waals surface area contributed by atoms with E-state index in [0.29, 0.717) is 18.1 Å². The maximum absolute atomic E-state index is 13.0. The van der Waals surface area contributed by atoms with Crippen LogP contribution in [0.25, 0.3) is 0 Å². The fourth-order valence-electron chi connectivity index (χ4n) is 2.76. The Balaban J connectivity index is 2.23. The predicted molar refractivity (Wildman–Crippen MR) is 105 cm³/mol. The molecule has 4 nitrogen and oxygen atoms in total. The summed E-state index contributed by atoms with van der Waals surface area (Å²) < 4.78 is 0. The minimum absolute atomic E-state index is 0.0759. The van der Waals surface area contributed by atoms with Gasteiger partial charge in [0.1, 0.15) is 6.04 Å². The SMILES string of the molecule is CCNC(=O)C(C)N(Cc1ccc(Cl)cc1)C(=O)Cc1ccccc1C. The first kappa shape index (κ1) is 20.0. The van der Waals surface area contributed by atoms with Gasteiger partial charge < -0.3 is 10.2 Å². The summed E-state index contributed by atoms with van der Waals surface area (Å²) in [6, 6.07) is 14.6. The zero-order valence-corrected chi connectivity index (χ0v) is 16.2. The number of halogens is 1. The minimum atomic E-state index is -0.554. The molecule has 0 saturated heterocycles. The molecule has 0 spiro atoms. The molecule has 0 saturated carbocycles. The van der Waals surface area contributed by atoms with Crippen LogP contribution in [-0.2, 0) is 22.6 Å². The van der Waals surface area contributed by atoms with Gasteiger partial charge in [-0.25, -0.2) is 0 Å². The Labute approximate surface area is 160 Å². The molecule has 0 aliphatic rings. The quantitative estimate of drug-likeness (QED) is 0.804. The molecule has 2 rings (SSSR count). The van der Waals surface area contributed by atoms with Crippen molar-refractivity contribution in [1.82, 2.24) is 10.2 Å². The number of carbonyl (C=O) groups is 2. The number of amides is 2. The lowest BCUT2D eigenvalue weighted by Gasteiger charge is -2.29. The molecule has 5 heteroatoms. The molecule has 1 atom stereocenters. The van der Waals surface area contributed by atoms with E-state index in [1.807, 2.05) is 50.2 Å². The Morgan fingerprint density at radius 1 is 1.12 bits per heavy atom. The van der Waals surface area contributed by atoms with Crippen molar-refractivity contribution in [2.24, 2.45) is 0 Å². The summed E-state index contributed by atoms with van der Waals surface area (Å²) in [5.41, 5.74) is 2.98. The number of hydrogen-bond acceptors (Lipinski definition) is 2. The summed E-state index contributed by atoms with van der Waals surface area (Å²) in [5.74, 6) is -0.229. The predicted octanol–water partition coefficient (Wildman–Crippen LogP) is 3.74. The molecule has 138 valence electrons. The average Bonchev–Trinajstić information content (AvgIpc) is 2.62. The summed E-state index contributed by atoms with van der Waals surface area (Å²) in [7, 11) is 0. The third kappa shape index (κ3) is 5.33. The number of nitrogens with one attached hydrogen (secondary N) is 1. The second-order valence-electron chi connectivity index (χ2n) is 6.32. The molecule has 26 heavy (non-hydrogen) atoms. The Morgan fingerprint density at radius 2 is 1.77 bits per heavy atom. The van der Waals surface area contributed by atoms with E-state index in [0.717, 1.165) is 16.7 Å². The highest BCUT2D eigenvalue weighted by atomic mass is 35.5. The third-order valence-corrected chi connectivity index (χ3v) is 4.64. The molecule has 0 aromatic heterocycles. The Hall–Kier alpha value is -2.33. The van der Waals surface area contributed by atoms with Crippen LogP contribution >= 0.6 is 11.6 Å². The van der Waals surface area contributed by atoms with Gasteiger partial charge in [-0.05, 0) is 49.6 Å². The van der Waals surface area contributed by atoms with Gasteiger partial charge in [0.25, 0.3) is 0 Å². The first-order valence-corrected chi connectivity index (χ1v) is 9.16. The summed E-state index contributed by atoms with van der Waals surface area (Å²) in [6.45, 7) is 6.50. The number of carbonyl (C=O) groups excluding carboxylic acids is 2. The smallest absolute Gasteiger partial charge is 0.242 e. The van der Waals surface area contributed by atoms with Gasteiger partial charge in [-0.1, -0.05) is 48.0 Å². The molecule has 0 fully saturated rings. The molecule has 2 amide bonds. The highest BCUT2D eigenvalue weighted by Gasteiger charge is 2.26. The Kier molecular flexibility index (Phi) is 7.22. The molecule has 0 aliphatic carbocycles. The Morgan fingerprint density at radius 3 is 2.38 bits per heavy atom. The van der Waals surface area contributed by atoms with Gasteiger partial charge in [0, 0.05) is 18.1 Å². The number of likely N-dealkylation sites (N-methyl/N-ethyl adjacent to an activating group) is 1. The summed E-state index contributed by atoms with van der Waals surface area (Å²) in [6.07, 6.45) is 0.268. The molecule has 0 aliphatic heterocycles. The van der Waals surface area contributed by atoms with Crippen molar-refractivity contribution in [3.8, 4) is 0 Å². The van der Waals surface area contributed by atoms with Crippen LogP contribution in [0.1, 0.15) is 30.5 Å². The van der Waals surface area contributed by atoms with Gasteiger partial charge in [0.2, 0.25) is 11.8 Å². The van der Waals surface area contributed by atoms with Crippen LogP contribution in [0.2, 0.25) is 5.02 Å². The first-order valence-electron chi connectivity index (χ1n) is 8.78. The summed E-state index contributed by atoms with van der Waals surface area (Å²) >= 11 is 5.95. The number of hydrogen-bond donors (Lipinski definition) is 1. The third-order valence-electron chi connectivity index (χ3n) is 4.39. The Bertz CT molecular complexity index is 759. The lowest BCUT2D eigenvalue weighted by atomic mass is 10.0. The van der Waals surface area contributed by atoms with Gasteiger partial charge in [-0.15, -0.1) is 0 Å². The fourth-order valence-corrected chi connectivity index (χ4v) is 2.89. The molecule has 2 aromatic carbocycles. The maximum Gasteiger partial charge on any atom is 0.242 e. The highest BCUT2D eigenvalue weighted by molar-refractivity contribution is 6.30. The van der Waals surface area contributed by atoms with Crippen LogP contribution in [0.3, 0.4) is 0 Å². The van der Waals surface area contributed by atoms with Crippen molar-refractivity contribution >= 4 is 23.4 Å². The van der Waals surface area contributed by atoms with Gasteiger partial charge in [-0.3, -0.25) is 9.59 Å². The van der Waals surface area contributed by atoms with Gasteiger partial charge in [-0.2, -0.15) is 0 Å². The van der Waals surface area contributed by atoms with Crippen LogP contribution in [0, 0.1) is 6.92 Å². The minimum Gasteiger partial charge on any atom is -0.355 e. The van der Waals surface area contributed by atoms with Gasteiger partial charge in [0.05, 0.1) is 6.42 Å². The summed E-state index contributed by atoms with van der Waals surface area (Å²) in [4.78, 5) is 27.0.